The third-order valence-electron chi connectivity index (χ3n) is 2.51. The third kappa shape index (κ3) is 2.79. The lowest BCUT2D eigenvalue weighted by molar-refractivity contribution is -0.139. The van der Waals surface area contributed by atoms with Crippen LogP contribution in [0, 0.1) is 0 Å². The first-order chi connectivity index (χ1) is 9.11. The largest absolute Gasteiger partial charge is 0.468 e. The number of ether oxygens (including phenoxy) is 1. The summed E-state index contributed by atoms with van der Waals surface area (Å²) in [6, 6.07) is 8.26. The van der Waals surface area contributed by atoms with Gasteiger partial charge in [-0.25, -0.2) is 4.79 Å². The van der Waals surface area contributed by atoms with E-state index in [1.54, 1.807) is 24.3 Å². The van der Waals surface area contributed by atoms with Gasteiger partial charge in [0, 0.05) is 5.39 Å². The molecule has 1 amide bonds. The first-order valence-corrected chi connectivity index (χ1v) is 5.49. The van der Waals surface area contributed by atoms with Gasteiger partial charge in [-0.2, -0.15) is 0 Å². The topological polar surface area (TPSA) is 85.6 Å². The first kappa shape index (κ1) is 12.8. The van der Waals surface area contributed by atoms with Crippen LogP contribution in [0.25, 0.3) is 11.0 Å². The van der Waals surface area contributed by atoms with Crippen molar-refractivity contribution >= 4 is 22.8 Å². The predicted octanol–water partition coefficient (Wildman–Crippen LogP) is 0.696. The van der Waals surface area contributed by atoms with Crippen molar-refractivity contribution in [3.8, 4) is 0 Å². The third-order valence-corrected chi connectivity index (χ3v) is 2.51. The zero-order chi connectivity index (χ0) is 13.8. The fraction of sp³-hybridized carbons (Fsp3) is 0.154. The van der Waals surface area contributed by atoms with Crippen molar-refractivity contribution in [2.24, 2.45) is 0 Å². The molecule has 0 aliphatic carbocycles. The van der Waals surface area contributed by atoms with Crippen molar-refractivity contribution in [1.29, 1.82) is 0 Å². The standard InChI is InChI=1S/C13H11NO5/c1-18-11(15)7-14-12(16)9-6-8-4-2-3-5-10(8)19-13(9)17/h2-6H,7H2,1H3,(H,14,16). The van der Waals surface area contributed by atoms with E-state index in [1.165, 1.54) is 13.2 Å². The van der Waals surface area contributed by atoms with Crippen molar-refractivity contribution in [1.82, 2.24) is 5.32 Å². The average molecular weight is 261 g/mol. The van der Waals surface area contributed by atoms with Crippen molar-refractivity contribution in [2.75, 3.05) is 13.7 Å². The molecule has 1 aromatic carbocycles. The van der Waals surface area contributed by atoms with Crippen molar-refractivity contribution in [3.63, 3.8) is 0 Å². The molecule has 0 radical (unpaired) electrons. The Hall–Kier alpha value is -2.63. The summed E-state index contributed by atoms with van der Waals surface area (Å²) in [6.45, 7) is -0.304. The number of carbonyl (C=O) groups is 2. The van der Waals surface area contributed by atoms with Gasteiger partial charge in [0.1, 0.15) is 17.7 Å². The van der Waals surface area contributed by atoms with E-state index in [-0.39, 0.29) is 12.1 Å². The molecular weight excluding hydrogens is 250 g/mol. The van der Waals surface area contributed by atoms with Crippen LogP contribution in [-0.2, 0) is 9.53 Å². The van der Waals surface area contributed by atoms with E-state index in [1.807, 2.05) is 0 Å². The molecule has 0 bridgehead atoms. The second-order valence-corrected chi connectivity index (χ2v) is 3.74. The SMILES string of the molecule is COC(=O)CNC(=O)c1cc2ccccc2oc1=O. The molecule has 1 aromatic heterocycles. The first-order valence-electron chi connectivity index (χ1n) is 5.49. The number of para-hydroxylation sites is 1. The van der Waals surface area contributed by atoms with Crippen LogP contribution < -0.4 is 10.9 Å². The lowest BCUT2D eigenvalue weighted by Gasteiger charge is -2.03. The van der Waals surface area contributed by atoms with E-state index in [4.69, 9.17) is 4.42 Å². The Morgan fingerprint density at radius 1 is 1.32 bits per heavy atom. The van der Waals surface area contributed by atoms with E-state index in [0.717, 1.165) is 0 Å². The molecule has 2 aromatic rings. The number of rotatable bonds is 3. The maximum atomic E-state index is 11.8. The van der Waals surface area contributed by atoms with Crippen molar-refractivity contribution in [3.05, 3.63) is 46.3 Å². The van der Waals surface area contributed by atoms with E-state index < -0.39 is 17.5 Å². The predicted molar refractivity (Wildman–Crippen MR) is 66.8 cm³/mol. The molecular formula is C13H11NO5. The van der Waals surface area contributed by atoms with E-state index in [2.05, 4.69) is 10.1 Å². The quantitative estimate of drug-likeness (QED) is 0.649. The molecule has 6 nitrogen and oxygen atoms in total. The highest BCUT2D eigenvalue weighted by Crippen LogP contribution is 2.12. The normalized spacial score (nSPS) is 10.2. The van der Waals surface area contributed by atoms with Gasteiger partial charge in [0.05, 0.1) is 7.11 Å². The minimum Gasteiger partial charge on any atom is -0.468 e. The van der Waals surface area contributed by atoms with E-state index in [0.29, 0.717) is 11.0 Å². The molecule has 0 unspecified atom stereocenters. The van der Waals surface area contributed by atoms with Gasteiger partial charge in [0.25, 0.3) is 5.91 Å². The zero-order valence-corrected chi connectivity index (χ0v) is 10.1. The number of methoxy groups -OCH3 is 1. The van der Waals surface area contributed by atoms with Gasteiger partial charge in [-0.1, -0.05) is 18.2 Å². The second-order valence-electron chi connectivity index (χ2n) is 3.74. The van der Waals surface area contributed by atoms with Crippen LogP contribution in [0.15, 0.2) is 39.5 Å². The van der Waals surface area contributed by atoms with Crippen LogP contribution in [0.2, 0.25) is 0 Å². The highest BCUT2D eigenvalue weighted by molar-refractivity contribution is 5.97. The zero-order valence-electron chi connectivity index (χ0n) is 10.1. The van der Waals surface area contributed by atoms with Crippen LogP contribution in [0.4, 0.5) is 0 Å². The number of hydrogen-bond acceptors (Lipinski definition) is 5. The van der Waals surface area contributed by atoms with Crippen LogP contribution in [-0.4, -0.2) is 25.5 Å². The van der Waals surface area contributed by atoms with Crippen LogP contribution >= 0.6 is 0 Å². The highest BCUT2D eigenvalue weighted by atomic mass is 16.5. The molecule has 0 saturated heterocycles. The maximum Gasteiger partial charge on any atom is 0.349 e. The minimum absolute atomic E-state index is 0.150. The lowest BCUT2D eigenvalue weighted by atomic mass is 10.2. The number of nitrogens with one attached hydrogen (secondary N) is 1. The fourth-order valence-electron chi connectivity index (χ4n) is 1.54. The molecule has 0 fully saturated rings. The molecule has 2 rings (SSSR count). The molecule has 1 heterocycles. The average Bonchev–Trinajstić information content (AvgIpc) is 2.43. The second kappa shape index (κ2) is 5.34. The van der Waals surface area contributed by atoms with E-state index in [9.17, 15) is 14.4 Å². The Bertz CT molecular complexity index is 689. The maximum absolute atomic E-state index is 11.8. The molecule has 0 atom stereocenters. The van der Waals surface area contributed by atoms with Gasteiger partial charge < -0.3 is 14.5 Å². The summed E-state index contributed by atoms with van der Waals surface area (Å²) >= 11 is 0. The number of fused-ring (bicyclic) bond motifs is 1. The molecule has 6 heteroatoms. The molecule has 0 aliphatic rings. The van der Waals surface area contributed by atoms with Gasteiger partial charge in [-0.05, 0) is 12.1 Å². The van der Waals surface area contributed by atoms with Gasteiger partial charge in [-0.15, -0.1) is 0 Å². The van der Waals surface area contributed by atoms with Gasteiger partial charge >= 0.3 is 11.6 Å². The number of carbonyl (C=O) groups excluding carboxylic acids is 2. The molecule has 1 N–H and O–H groups in total. The van der Waals surface area contributed by atoms with Gasteiger partial charge in [0.15, 0.2) is 0 Å². The summed E-state index contributed by atoms with van der Waals surface area (Å²) < 4.78 is 9.40. The molecule has 0 saturated carbocycles. The molecule has 98 valence electrons. The summed E-state index contributed by atoms with van der Waals surface area (Å²) in [6.07, 6.45) is 0. The monoisotopic (exact) mass is 261 g/mol. The Labute approximate surface area is 108 Å². The lowest BCUT2D eigenvalue weighted by Crippen LogP contribution is -2.33. The number of amides is 1. The molecule has 0 spiro atoms. The Balaban J connectivity index is 2.29. The number of benzene rings is 1. The Morgan fingerprint density at radius 3 is 2.79 bits per heavy atom. The molecule has 19 heavy (non-hydrogen) atoms. The van der Waals surface area contributed by atoms with Crippen LogP contribution in [0.1, 0.15) is 10.4 Å². The van der Waals surface area contributed by atoms with E-state index >= 15 is 0 Å². The van der Waals surface area contributed by atoms with Gasteiger partial charge in [0.2, 0.25) is 0 Å². The molecule has 0 aliphatic heterocycles. The van der Waals surface area contributed by atoms with Gasteiger partial charge in [-0.3, -0.25) is 9.59 Å². The number of hydrogen-bond donors (Lipinski definition) is 1. The summed E-state index contributed by atoms with van der Waals surface area (Å²) in [5.74, 6) is -1.27. The summed E-state index contributed by atoms with van der Waals surface area (Å²) in [7, 11) is 1.21. The highest BCUT2D eigenvalue weighted by Gasteiger charge is 2.14. The Morgan fingerprint density at radius 2 is 2.05 bits per heavy atom. The van der Waals surface area contributed by atoms with Crippen molar-refractivity contribution < 1.29 is 18.7 Å². The van der Waals surface area contributed by atoms with Crippen LogP contribution in [0.5, 0.6) is 0 Å². The van der Waals surface area contributed by atoms with Crippen molar-refractivity contribution in [2.45, 2.75) is 0 Å². The summed E-state index contributed by atoms with van der Waals surface area (Å²) in [4.78, 5) is 34.3. The smallest absolute Gasteiger partial charge is 0.349 e. The summed E-state index contributed by atoms with van der Waals surface area (Å²) in [5, 5.41) is 2.91. The Kier molecular flexibility index (Phi) is 3.61. The minimum atomic E-state index is -0.749. The fourth-order valence-corrected chi connectivity index (χ4v) is 1.54. The number of esters is 1. The summed E-state index contributed by atoms with van der Waals surface area (Å²) in [5.41, 5.74) is -0.499. The van der Waals surface area contributed by atoms with Crippen LogP contribution in [0.3, 0.4) is 0 Å².